The summed E-state index contributed by atoms with van der Waals surface area (Å²) in [5.74, 6) is 1.93. The molecule has 1 N–H and O–H groups in total. The Kier molecular flexibility index (Phi) is 3.78. The standard InChI is InChI=1S/C13H21N3/c1-3-14-13-7-6-12(8-15-13)10-16(2)9-11-4-5-11/h6-8,11H,3-5,9-10H2,1-2H3,(H,14,15). The lowest BCUT2D eigenvalue weighted by Gasteiger charge is -2.16. The summed E-state index contributed by atoms with van der Waals surface area (Å²) in [5, 5.41) is 3.21. The zero-order valence-corrected chi connectivity index (χ0v) is 10.2. The van der Waals surface area contributed by atoms with Gasteiger partial charge in [0.1, 0.15) is 5.82 Å². The summed E-state index contributed by atoms with van der Waals surface area (Å²) in [5.41, 5.74) is 1.30. The molecule has 0 amide bonds. The fourth-order valence-corrected chi connectivity index (χ4v) is 1.92. The zero-order valence-electron chi connectivity index (χ0n) is 10.2. The lowest BCUT2D eigenvalue weighted by Crippen LogP contribution is -2.20. The molecular weight excluding hydrogens is 198 g/mol. The number of nitrogens with one attached hydrogen (secondary N) is 1. The lowest BCUT2D eigenvalue weighted by atomic mass is 10.2. The second-order valence-corrected chi connectivity index (χ2v) is 4.72. The van der Waals surface area contributed by atoms with E-state index in [-0.39, 0.29) is 0 Å². The molecule has 1 aromatic rings. The number of aromatic nitrogens is 1. The number of hydrogen-bond acceptors (Lipinski definition) is 3. The van der Waals surface area contributed by atoms with Crippen LogP contribution in [0.2, 0.25) is 0 Å². The van der Waals surface area contributed by atoms with Crippen LogP contribution in [0.15, 0.2) is 18.3 Å². The highest BCUT2D eigenvalue weighted by Crippen LogP contribution is 2.29. The van der Waals surface area contributed by atoms with Gasteiger partial charge in [-0.15, -0.1) is 0 Å². The number of rotatable bonds is 6. The van der Waals surface area contributed by atoms with Gasteiger partial charge in [0.2, 0.25) is 0 Å². The molecule has 1 aromatic heterocycles. The van der Waals surface area contributed by atoms with Gasteiger partial charge in [-0.05, 0) is 44.4 Å². The van der Waals surface area contributed by atoms with Gasteiger partial charge in [0.25, 0.3) is 0 Å². The maximum absolute atomic E-state index is 4.38. The summed E-state index contributed by atoms with van der Waals surface area (Å²) < 4.78 is 0. The average Bonchev–Trinajstić information content (AvgIpc) is 3.05. The Labute approximate surface area is 97.9 Å². The van der Waals surface area contributed by atoms with Crippen LogP contribution in [-0.4, -0.2) is 30.0 Å². The minimum Gasteiger partial charge on any atom is -0.370 e. The van der Waals surface area contributed by atoms with Crippen LogP contribution in [0, 0.1) is 5.92 Å². The first-order valence-corrected chi connectivity index (χ1v) is 6.15. The van der Waals surface area contributed by atoms with E-state index in [4.69, 9.17) is 0 Å². The van der Waals surface area contributed by atoms with Gasteiger partial charge >= 0.3 is 0 Å². The first kappa shape index (κ1) is 11.4. The molecule has 0 radical (unpaired) electrons. The van der Waals surface area contributed by atoms with Crippen molar-refractivity contribution >= 4 is 5.82 Å². The molecule has 1 heterocycles. The molecule has 3 nitrogen and oxygen atoms in total. The minimum absolute atomic E-state index is 0.925. The van der Waals surface area contributed by atoms with Crippen LogP contribution in [0.25, 0.3) is 0 Å². The van der Waals surface area contributed by atoms with E-state index in [9.17, 15) is 0 Å². The van der Waals surface area contributed by atoms with Crippen molar-refractivity contribution in [2.45, 2.75) is 26.3 Å². The number of pyridine rings is 1. The molecule has 3 heteroatoms. The Balaban J connectivity index is 1.83. The van der Waals surface area contributed by atoms with Gasteiger partial charge in [-0.2, -0.15) is 0 Å². The fourth-order valence-electron chi connectivity index (χ4n) is 1.92. The predicted octanol–water partition coefficient (Wildman–Crippen LogP) is 2.36. The summed E-state index contributed by atoms with van der Waals surface area (Å²) in [6, 6.07) is 4.22. The van der Waals surface area contributed by atoms with E-state index >= 15 is 0 Å². The zero-order chi connectivity index (χ0) is 11.4. The van der Waals surface area contributed by atoms with E-state index in [0.717, 1.165) is 24.8 Å². The summed E-state index contributed by atoms with van der Waals surface area (Å²) >= 11 is 0. The van der Waals surface area contributed by atoms with Crippen molar-refractivity contribution < 1.29 is 0 Å². The number of nitrogens with zero attached hydrogens (tertiary/aromatic N) is 2. The van der Waals surface area contributed by atoms with Crippen molar-refractivity contribution in [2.24, 2.45) is 5.92 Å². The molecule has 0 aromatic carbocycles. The van der Waals surface area contributed by atoms with E-state index in [1.54, 1.807) is 0 Å². The molecule has 1 aliphatic rings. The molecule has 1 fully saturated rings. The fraction of sp³-hybridized carbons (Fsp3) is 0.615. The third-order valence-electron chi connectivity index (χ3n) is 2.90. The second-order valence-electron chi connectivity index (χ2n) is 4.72. The van der Waals surface area contributed by atoms with Crippen LogP contribution in [-0.2, 0) is 6.54 Å². The molecule has 0 saturated heterocycles. The normalized spacial score (nSPS) is 15.4. The first-order chi connectivity index (χ1) is 7.78. The smallest absolute Gasteiger partial charge is 0.125 e. The van der Waals surface area contributed by atoms with Crippen molar-refractivity contribution in [3.63, 3.8) is 0 Å². The quantitative estimate of drug-likeness (QED) is 0.796. The maximum Gasteiger partial charge on any atom is 0.125 e. The topological polar surface area (TPSA) is 28.2 Å². The van der Waals surface area contributed by atoms with Crippen LogP contribution in [0.4, 0.5) is 5.82 Å². The van der Waals surface area contributed by atoms with Crippen LogP contribution in [0.5, 0.6) is 0 Å². The van der Waals surface area contributed by atoms with Gasteiger partial charge in [-0.3, -0.25) is 0 Å². The molecule has 0 bridgehead atoms. The molecule has 1 aliphatic carbocycles. The number of anilines is 1. The second kappa shape index (κ2) is 5.30. The summed E-state index contributed by atoms with van der Waals surface area (Å²) in [7, 11) is 2.19. The highest BCUT2D eigenvalue weighted by molar-refractivity contribution is 5.35. The molecule has 0 atom stereocenters. The number of hydrogen-bond donors (Lipinski definition) is 1. The van der Waals surface area contributed by atoms with E-state index in [0.29, 0.717) is 0 Å². The van der Waals surface area contributed by atoms with Crippen LogP contribution in [0.3, 0.4) is 0 Å². The van der Waals surface area contributed by atoms with Crippen LogP contribution < -0.4 is 5.32 Å². The monoisotopic (exact) mass is 219 g/mol. The summed E-state index contributed by atoms with van der Waals surface area (Å²) in [6.07, 6.45) is 4.81. The van der Waals surface area contributed by atoms with E-state index in [1.807, 2.05) is 6.20 Å². The molecule has 1 saturated carbocycles. The van der Waals surface area contributed by atoms with Gasteiger partial charge in [0.05, 0.1) is 0 Å². The molecule has 0 aliphatic heterocycles. The molecule has 16 heavy (non-hydrogen) atoms. The molecule has 88 valence electrons. The van der Waals surface area contributed by atoms with Gasteiger partial charge in [0.15, 0.2) is 0 Å². The highest BCUT2D eigenvalue weighted by atomic mass is 15.1. The Hall–Kier alpha value is -1.09. The Morgan fingerprint density at radius 3 is 2.81 bits per heavy atom. The largest absolute Gasteiger partial charge is 0.370 e. The predicted molar refractivity (Wildman–Crippen MR) is 67.5 cm³/mol. The van der Waals surface area contributed by atoms with Crippen molar-refractivity contribution in [2.75, 3.05) is 25.5 Å². The van der Waals surface area contributed by atoms with Gasteiger partial charge < -0.3 is 10.2 Å². The average molecular weight is 219 g/mol. The van der Waals surface area contributed by atoms with Gasteiger partial charge in [-0.25, -0.2) is 4.98 Å². The third kappa shape index (κ3) is 3.49. The van der Waals surface area contributed by atoms with Crippen molar-refractivity contribution in [3.05, 3.63) is 23.9 Å². The van der Waals surface area contributed by atoms with Gasteiger partial charge in [0, 0.05) is 25.8 Å². The highest BCUT2D eigenvalue weighted by Gasteiger charge is 2.22. The molecular formula is C13H21N3. The molecule has 0 unspecified atom stereocenters. The maximum atomic E-state index is 4.38. The molecule has 0 spiro atoms. The third-order valence-corrected chi connectivity index (χ3v) is 2.90. The van der Waals surface area contributed by atoms with Crippen molar-refractivity contribution in [3.8, 4) is 0 Å². The van der Waals surface area contributed by atoms with E-state index in [1.165, 1.54) is 24.9 Å². The van der Waals surface area contributed by atoms with Crippen LogP contribution in [0.1, 0.15) is 25.3 Å². The summed E-state index contributed by atoms with van der Waals surface area (Å²) in [6.45, 7) is 5.25. The van der Waals surface area contributed by atoms with E-state index < -0.39 is 0 Å². The first-order valence-electron chi connectivity index (χ1n) is 6.15. The van der Waals surface area contributed by atoms with Crippen molar-refractivity contribution in [1.29, 1.82) is 0 Å². The molecule has 2 rings (SSSR count). The summed E-state index contributed by atoms with van der Waals surface area (Å²) in [4.78, 5) is 6.77. The Bertz CT molecular complexity index is 316. The Morgan fingerprint density at radius 1 is 1.44 bits per heavy atom. The van der Waals surface area contributed by atoms with Crippen LogP contribution >= 0.6 is 0 Å². The van der Waals surface area contributed by atoms with E-state index in [2.05, 4.69) is 41.3 Å². The minimum atomic E-state index is 0.925. The SMILES string of the molecule is CCNc1ccc(CN(C)CC2CC2)cn1. The van der Waals surface area contributed by atoms with Gasteiger partial charge in [-0.1, -0.05) is 6.07 Å². The Morgan fingerprint density at radius 2 is 2.25 bits per heavy atom. The lowest BCUT2D eigenvalue weighted by molar-refractivity contribution is 0.313. The van der Waals surface area contributed by atoms with Crippen molar-refractivity contribution in [1.82, 2.24) is 9.88 Å².